The second-order valence-corrected chi connectivity index (χ2v) is 3.57. The molecule has 0 amide bonds. The summed E-state index contributed by atoms with van der Waals surface area (Å²) < 4.78 is 13.2. The van der Waals surface area contributed by atoms with Crippen molar-refractivity contribution in [2.75, 3.05) is 0 Å². The van der Waals surface area contributed by atoms with E-state index in [1.807, 2.05) is 6.92 Å². The third-order valence-corrected chi connectivity index (χ3v) is 2.64. The lowest BCUT2D eigenvalue weighted by atomic mass is 9.69. The van der Waals surface area contributed by atoms with Crippen molar-refractivity contribution < 1.29 is 4.39 Å². The summed E-state index contributed by atoms with van der Waals surface area (Å²) in [4.78, 5) is 0. The third kappa shape index (κ3) is 1.50. The lowest BCUT2D eigenvalue weighted by molar-refractivity contribution is 0.0000175. The summed E-state index contributed by atoms with van der Waals surface area (Å²) in [7, 11) is 0. The van der Waals surface area contributed by atoms with Gasteiger partial charge >= 0.3 is 0 Å². The molecule has 0 spiro atoms. The molecule has 0 nitrogen and oxygen atoms in total. The Labute approximate surface area is 62.8 Å². The second-order valence-electron chi connectivity index (χ2n) is 3.57. The fourth-order valence-electron chi connectivity index (χ4n) is 1.88. The monoisotopic (exact) mass is 144 g/mol. The molecule has 10 heavy (non-hydrogen) atoms. The molecule has 0 aromatic rings. The van der Waals surface area contributed by atoms with Crippen LogP contribution in [0.4, 0.5) is 4.39 Å². The molecule has 0 aromatic carbocycles. The van der Waals surface area contributed by atoms with Crippen LogP contribution in [-0.2, 0) is 0 Å². The highest BCUT2D eigenvalue weighted by atomic mass is 19.1. The van der Waals surface area contributed by atoms with Crippen LogP contribution in [0.3, 0.4) is 0 Å². The Bertz CT molecular complexity index is 103. The average Bonchev–Trinajstić information content (AvgIpc) is 1.85. The Morgan fingerprint density at radius 2 is 2.00 bits per heavy atom. The second kappa shape index (κ2) is 2.89. The van der Waals surface area contributed by atoms with Crippen LogP contribution < -0.4 is 0 Å². The molecule has 1 saturated carbocycles. The van der Waals surface area contributed by atoms with Crippen LogP contribution in [-0.4, -0.2) is 5.67 Å². The van der Waals surface area contributed by atoms with Crippen molar-refractivity contribution in [3.05, 3.63) is 0 Å². The summed E-state index contributed by atoms with van der Waals surface area (Å²) >= 11 is 0. The molecule has 0 N–H and O–H groups in total. The quantitative estimate of drug-likeness (QED) is 0.570. The summed E-state index contributed by atoms with van der Waals surface area (Å²) in [5.74, 6) is 0.704. The fraction of sp³-hybridized carbons (Fsp3) is 1.00. The van der Waals surface area contributed by atoms with E-state index in [2.05, 4.69) is 6.92 Å². The molecule has 0 bridgehead atoms. The van der Waals surface area contributed by atoms with Crippen molar-refractivity contribution in [2.24, 2.45) is 5.92 Å². The fourth-order valence-corrected chi connectivity index (χ4v) is 1.88. The van der Waals surface area contributed by atoms with Gasteiger partial charge in [-0.2, -0.15) is 0 Å². The van der Waals surface area contributed by atoms with Crippen molar-refractivity contribution in [1.82, 2.24) is 0 Å². The highest BCUT2D eigenvalue weighted by Gasteiger charge is 2.42. The van der Waals surface area contributed by atoms with Crippen LogP contribution in [0.5, 0.6) is 0 Å². The molecule has 1 heteroatoms. The maximum atomic E-state index is 13.2. The van der Waals surface area contributed by atoms with Crippen LogP contribution in [0, 0.1) is 5.92 Å². The van der Waals surface area contributed by atoms with E-state index in [9.17, 15) is 4.39 Å². The first-order valence-corrected chi connectivity index (χ1v) is 4.39. The maximum Gasteiger partial charge on any atom is 0.111 e. The predicted molar refractivity (Wildman–Crippen MR) is 41.8 cm³/mol. The van der Waals surface area contributed by atoms with Gasteiger partial charge in [0, 0.05) is 0 Å². The minimum absolute atomic E-state index is 0.704. The number of hydrogen-bond donors (Lipinski definition) is 0. The lowest BCUT2D eigenvalue weighted by Crippen LogP contribution is -2.38. The Kier molecular flexibility index (Phi) is 2.32. The molecule has 1 aliphatic carbocycles. The molecular weight excluding hydrogens is 127 g/mol. The van der Waals surface area contributed by atoms with Gasteiger partial charge in [-0.05, 0) is 25.2 Å². The van der Waals surface area contributed by atoms with Gasteiger partial charge in [-0.3, -0.25) is 0 Å². The van der Waals surface area contributed by atoms with Crippen LogP contribution in [0.2, 0.25) is 0 Å². The number of rotatable bonds is 3. The van der Waals surface area contributed by atoms with Crippen molar-refractivity contribution in [3.63, 3.8) is 0 Å². The zero-order valence-corrected chi connectivity index (χ0v) is 6.99. The molecule has 0 saturated heterocycles. The first-order chi connectivity index (χ1) is 4.70. The van der Waals surface area contributed by atoms with Crippen LogP contribution in [0.15, 0.2) is 0 Å². The number of halogens is 1. The van der Waals surface area contributed by atoms with E-state index in [1.54, 1.807) is 0 Å². The number of alkyl halides is 1. The van der Waals surface area contributed by atoms with Crippen molar-refractivity contribution >= 4 is 0 Å². The Morgan fingerprint density at radius 1 is 1.40 bits per heavy atom. The van der Waals surface area contributed by atoms with Crippen LogP contribution in [0.25, 0.3) is 0 Å². The summed E-state index contributed by atoms with van der Waals surface area (Å²) in [6.07, 6.45) is 4.82. The molecule has 1 aliphatic rings. The minimum atomic E-state index is -0.764. The average molecular weight is 144 g/mol. The van der Waals surface area contributed by atoms with E-state index in [0.717, 1.165) is 12.8 Å². The van der Waals surface area contributed by atoms with E-state index in [4.69, 9.17) is 0 Å². The Balaban J connectivity index is 2.16. The Hall–Kier alpha value is -0.0700. The van der Waals surface area contributed by atoms with Crippen LogP contribution >= 0.6 is 0 Å². The van der Waals surface area contributed by atoms with E-state index < -0.39 is 5.67 Å². The van der Waals surface area contributed by atoms with Gasteiger partial charge in [0.1, 0.15) is 5.67 Å². The van der Waals surface area contributed by atoms with Crippen molar-refractivity contribution in [2.45, 2.75) is 51.6 Å². The van der Waals surface area contributed by atoms with Gasteiger partial charge in [-0.25, -0.2) is 4.39 Å². The summed E-state index contributed by atoms with van der Waals surface area (Å²) in [5.41, 5.74) is -0.764. The highest BCUT2D eigenvalue weighted by molar-refractivity contribution is 4.92. The van der Waals surface area contributed by atoms with Crippen LogP contribution in [0.1, 0.15) is 46.0 Å². The van der Waals surface area contributed by atoms with E-state index in [0.29, 0.717) is 12.3 Å². The minimum Gasteiger partial charge on any atom is -0.244 e. The summed E-state index contributed by atoms with van der Waals surface area (Å²) in [5, 5.41) is 0. The predicted octanol–water partition coefficient (Wildman–Crippen LogP) is 3.31. The smallest absolute Gasteiger partial charge is 0.111 e. The molecule has 0 atom stereocenters. The molecule has 0 heterocycles. The molecule has 60 valence electrons. The maximum absolute atomic E-state index is 13.2. The first-order valence-electron chi connectivity index (χ1n) is 4.39. The van der Waals surface area contributed by atoms with Gasteiger partial charge in [0.2, 0.25) is 0 Å². The molecule has 0 unspecified atom stereocenters. The zero-order valence-electron chi connectivity index (χ0n) is 6.99. The van der Waals surface area contributed by atoms with Gasteiger partial charge < -0.3 is 0 Å². The standard InChI is InChI=1S/C9H17F/c1-3-5-8-6-9(10,4-2)7-8/h8H,3-7H2,1-2H3. The van der Waals surface area contributed by atoms with Gasteiger partial charge in [-0.15, -0.1) is 0 Å². The van der Waals surface area contributed by atoms with Crippen molar-refractivity contribution in [1.29, 1.82) is 0 Å². The third-order valence-electron chi connectivity index (χ3n) is 2.64. The molecular formula is C9H17F. The largest absolute Gasteiger partial charge is 0.244 e. The molecule has 1 rings (SSSR count). The molecule has 0 aromatic heterocycles. The van der Waals surface area contributed by atoms with Gasteiger partial charge in [0.05, 0.1) is 0 Å². The van der Waals surface area contributed by atoms with E-state index >= 15 is 0 Å². The normalized spacial score (nSPS) is 39.3. The summed E-state index contributed by atoms with van der Waals surface area (Å²) in [6, 6.07) is 0. The van der Waals surface area contributed by atoms with E-state index in [-0.39, 0.29) is 0 Å². The topological polar surface area (TPSA) is 0 Å². The number of hydrogen-bond acceptors (Lipinski definition) is 0. The van der Waals surface area contributed by atoms with Gasteiger partial charge in [0.25, 0.3) is 0 Å². The zero-order chi connectivity index (χ0) is 7.61. The van der Waals surface area contributed by atoms with E-state index in [1.165, 1.54) is 12.8 Å². The SMILES string of the molecule is CCCC1CC(F)(CC)C1. The van der Waals surface area contributed by atoms with Gasteiger partial charge in [0.15, 0.2) is 0 Å². The lowest BCUT2D eigenvalue weighted by Gasteiger charge is -2.40. The summed E-state index contributed by atoms with van der Waals surface area (Å²) in [6.45, 7) is 4.12. The molecule has 0 aliphatic heterocycles. The molecule has 0 radical (unpaired) electrons. The van der Waals surface area contributed by atoms with Crippen molar-refractivity contribution in [3.8, 4) is 0 Å². The highest BCUT2D eigenvalue weighted by Crippen LogP contribution is 2.45. The Morgan fingerprint density at radius 3 is 2.40 bits per heavy atom. The molecule has 1 fully saturated rings. The van der Waals surface area contributed by atoms with Gasteiger partial charge in [-0.1, -0.05) is 26.7 Å². The first kappa shape index (κ1) is 8.03.